The third kappa shape index (κ3) is 2.76. The van der Waals surface area contributed by atoms with Crippen molar-refractivity contribution >= 4 is 0 Å². The lowest BCUT2D eigenvalue weighted by Gasteiger charge is -2.42. The molecule has 16 heavy (non-hydrogen) atoms. The number of hydrogen-bond acceptors (Lipinski definition) is 3. The summed E-state index contributed by atoms with van der Waals surface area (Å²) in [5.74, 6) is 0. The van der Waals surface area contributed by atoms with Gasteiger partial charge in [-0.25, -0.2) is 0 Å². The minimum Gasteiger partial charge on any atom is -0.371 e. The summed E-state index contributed by atoms with van der Waals surface area (Å²) in [6.45, 7) is 9.54. The molecule has 0 unspecified atom stereocenters. The zero-order valence-electron chi connectivity index (χ0n) is 10.8. The van der Waals surface area contributed by atoms with Crippen LogP contribution in [0.5, 0.6) is 0 Å². The summed E-state index contributed by atoms with van der Waals surface area (Å²) in [6.07, 6.45) is 5.58. The Labute approximate surface area is 99.3 Å². The van der Waals surface area contributed by atoms with Gasteiger partial charge in [-0.15, -0.1) is 0 Å². The molecule has 0 bridgehead atoms. The van der Waals surface area contributed by atoms with Gasteiger partial charge in [0.1, 0.15) is 0 Å². The smallest absolute Gasteiger partial charge is 0.0902 e. The van der Waals surface area contributed by atoms with E-state index in [0.29, 0.717) is 5.41 Å². The van der Waals surface area contributed by atoms with E-state index in [1.807, 2.05) is 0 Å². The summed E-state index contributed by atoms with van der Waals surface area (Å²) in [5.41, 5.74) is 0.739. The molecule has 0 aromatic rings. The quantitative estimate of drug-likeness (QED) is 0.646. The Bertz CT molecular complexity index is 216. The van der Waals surface area contributed by atoms with E-state index in [-0.39, 0.29) is 5.60 Å². The van der Waals surface area contributed by atoms with Gasteiger partial charge in [-0.05, 0) is 31.6 Å². The molecule has 0 aromatic carbocycles. The first-order valence-corrected chi connectivity index (χ1v) is 6.74. The molecule has 2 rings (SSSR count). The fraction of sp³-hybridized carbons (Fsp3) is 1.00. The third-order valence-electron chi connectivity index (χ3n) is 4.39. The van der Waals surface area contributed by atoms with Crippen LogP contribution in [0.3, 0.4) is 0 Å². The lowest BCUT2D eigenvalue weighted by molar-refractivity contribution is -0.0655. The molecule has 1 saturated heterocycles. The molecule has 0 spiro atoms. The minimum atomic E-state index is 0.112. The van der Waals surface area contributed by atoms with Crippen molar-refractivity contribution in [3.8, 4) is 0 Å². The van der Waals surface area contributed by atoms with Gasteiger partial charge in [0.2, 0.25) is 0 Å². The fourth-order valence-corrected chi connectivity index (χ4v) is 2.63. The van der Waals surface area contributed by atoms with Gasteiger partial charge in [-0.3, -0.25) is 0 Å². The lowest BCUT2D eigenvalue weighted by Crippen LogP contribution is -2.59. The molecule has 3 nitrogen and oxygen atoms in total. The third-order valence-corrected chi connectivity index (χ3v) is 4.39. The second-order valence-corrected chi connectivity index (χ2v) is 5.79. The molecule has 1 saturated carbocycles. The highest BCUT2D eigenvalue weighted by molar-refractivity contribution is 4.90. The van der Waals surface area contributed by atoms with Crippen LogP contribution in [-0.2, 0) is 4.74 Å². The second-order valence-electron chi connectivity index (χ2n) is 5.79. The lowest BCUT2D eigenvalue weighted by atomic mass is 9.67. The minimum absolute atomic E-state index is 0.112. The average molecular weight is 226 g/mol. The fourth-order valence-electron chi connectivity index (χ4n) is 2.63. The zero-order valence-corrected chi connectivity index (χ0v) is 10.8. The highest BCUT2D eigenvalue weighted by Crippen LogP contribution is 2.42. The summed E-state index contributed by atoms with van der Waals surface area (Å²) in [4.78, 5) is 0. The zero-order chi connectivity index (χ0) is 11.5. The maximum atomic E-state index is 5.84. The first-order valence-electron chi connectivity index (χ1n) is 6.74. The second kappa shape index (κ2) is 5.03. The first kappa shape index (κ1) is 12.3. The van der Waals surface area contributed by atoms with E-state index in [4.69, 9.17) is 4.74 Å². The van der Waals surface area contributed by atoms with E-state index in [0.717, 1.165) is 26.2 Å². The van der Waals surface area contributed by atoms with Crippen molar-refractivity contribution in [2.45, 2.75) is 45.1 Å². The van der Waals surface area contributed by atoms with Crippen LogP contribution in [0.1, 0.15) is 39.5 Å². The maximum absolute atomic E-state index is 5.84. The SMILES string of the molecule is CCC1(CNCCOC2(C)CNC2)CCC1. The Morgan fingerprint density at radius 2 is 2.06 bits per heavy atom. The molecule has 2 fully saturated rings. The Kier molecular flexibility index (Phi) is 3.88. The molecule has 0 aromatic heterocycles. The van der Waals surface area contributed by atoms with E-state index in [1.54, 1.807) is 0 Å². The van der Waals surface area contributed by atoms with E-state index in [9.17, 15) is 0 Å². The average Bonchev–Trinajstić information content (AvgIpc) is 2.18. The first-order chi connectivity index (χ1) is 7.68. The molecule has 1 aliphatic heterocycles. The number of nitrogens with one attached hydrogen (secondary N) is 2. The van der Waals surface area contributed by atoms with Crippen LogP contribution in [0.25, 0.3) is 0 Å². The monoisotopic (exact) mass is 226 g/mol. The van der Waals surface area contributed by atoms with Gasteiger partial charge in [0, 0.05) is 26.2 Å². The van der Waals surface area contributed by atoms with Crippen molar-refractivity contribution in [1.82, 2.24) is 10.6 Å². The van der Waals surface area contributed by atoms with Crippen LogP contribution < -0.4 is 10.6 Å². The summed E-state index contributed by atoms with van der Waals surface area (Å²) in [6, 6.07) is 0. The van der Waals surface area contributed by atoms with E-state index in [2.05, 4.69) is 24.5 Å². The molecule has 0 amide bonds. The molecule has 3 heteroatoms. The molecular formula is C13H26N2O. The Morgan fingerprint density at radius 3 is 2.50 bits per heavy atom. The largest absolute Gasteiger partial charge is 0.371 e. The Balaban J connectivity index is 1.51. The van der Waals surface area contributed by atoms with Crippen molar-refractivity contribution < 1.29 is 4.74 Å². The molecular weight excluding hydrogens is 200 g/mol. The number of hydrogen-bond donors (Lipinski definition) is 2. The molecule has 1 heterocycles. The summed E-state index contributed by atoms with van der Waals surface area (Å²) in [7, 11) is 0. The van der Waals surface area contributed by atoms with Gasteiger partial charge in [-0.2, -0.15) is 0 Å². The predicted molar refractivity (Wildman–Crippen MR) is 66.7 cm³/mol. The van der Waals surface area contributed by atoms with Crippen LogP contribution >= 0.6 is 0 Å². The summed E-state index contributed by atoms with van der Waals surface area (Å²) < 4.78 is 5.84. The van der Waals surface area contributed by atoms with Gasteiger partial charge in [0.05, 0.1) is 12.2 Å². The molecule has 1 aliphatic carbocycles. The van der Waals surface area contributed by atoms with Crippen LogP contribution in [0.2, 0.25) is 0 Å². The Morgan fingerprint density at radius 1 is 1.31 bits per heavy atom. The molecule has 94 valence electrons. The van der Waals surface area contributed by atoms with Gasteiger partial charge >= 0.3 is 0 Å². The van der Waals surface area contributed by atoms with Crippen LogP contribution in [0, 0.1) is 5.41 Å². The highest BCUT2D eigenvalue weighted by atomic mass is 16.5. The van der Waals surface area contributed by atoms with Crippen LogP contribution in [-0.4, -0.2) is 38.4 Å². The normalized spacial score (nSPS) is 25.9. The van der Waals surface area contributed by atoms with Crippen molar-refractivity contribution in [3.05, 3.63) is 0 Å². The van der Waals surface area contributed by atoms with Crippen LogP contribution in [0.4, 0.5) is 0 Å². The van der Waals surface area contributed by atoms with Crippen molar-refractivity contribution in [2.24, 2.45) is 5.41 Å². The van der Waals surface area contributed by atoms with E-state index in [1.165, 1.54) is 32.2 Å². The predicted octanol–water partition coefficient (Wildman–Crippen LogP) is 1.53. The molecule has 0 radical (unpaired) electrons. The van der Waals surface area contributed by atoms with Crippen LogP contribution in [0.15, 0.2) is 0 Å². The number of ether oxygens (including phenoxy) is 1. The molecule has 2 N–H and O–H groups in total. The van der Waals surface area contributed by atoms with E-state index < -0.39 is 0 Å². The summed E-state index contributed by atoms with van der Waals surface area (Å²) >= 11 is 0. The van der Waals surface area contributed by atoms with Crippen molar-refractivity contribution in [1.29, 1.82) is 0 Å². The van der Waals surface area contributed by atoms with Crippen molar-refractivity contribution in [3.63, 3.8) is 0 Å². The van der Waals surface area contributed by atoms with Gasteiger partial charge in [-0.1, -0.05) is 13.3 Å². The summed E-state index contributed by atoms with van der Waals surface area (Å²) in [5, 5.41) is 6.80. The van der Waals surface area contributed by atoms with E-state index >= 15 is 0 Å². The number of rotatable bonds is 7. The van der Waals surface area contributed by atoms with Gasteiger partial charge in [0.25, 0.3) is 0 Å². The standard InChI is InChI=1S/C13H26N2O/c1-3-13(5-4-6-13)11-14-7-8-16-12(2)9-15-10-12/h14-15H,3-11H2,1-2H3. The van der Waals surface area contributed by atoms with Crippen molar-refractivity contribution in [2.75, 3.05) is 32.8 Å². The van der Waals surface area contributed by atoms with Gasteiger partial charge in [0.15, 0.2) is 0 Å². The highest BCUT2D eigenvalue weighted by Gasteiger charge is 2.34. The maximum Gasteiger partial charge on any atom is 0.0902 e. The van der Waals surface area contributed by atoms with Gasteiger partial charge < -0.3 is 15.4 Å². The molecule has 0 atom stereocenters. The topological polar surface area (TPSA) is 33.3 Å². The molecule has 2 aliphatic rings. The Hall–Kier alpha value is -0.120.